The number of hydrogen-bond acceptors (Lipinski definition) is 9. The molecule has 194 valence electrons. The number of benzene rings is 2. The molecule has 1 N–H and O–H groups in total. The Morgan fingerprint density at radius 2 is 1.82 bits per heavy atom. The Morgan fingerprint density at radius 1 is 0.974 bits per heavy atom. The number of methoxy groups -OCH3 is 1. The van der Waals surface area contributed by atoms with Gasteiger partial charge in [-0.25, -0.2) is 9.97 Å². The summed E-state index contributed by atoms with van der Waals surface area (Å²) in [6, 6.07) is 17.9. The van der Waals surface area contributed by atoms with E-state index in [0.29, 0.717) is 30.4 Å². The summed E-state index contributed by atoms with van der Waals surface area (Å²) in [4.78, 5) is 9.02. The Bertz CT molecular complexity index is 1470. The fraction of sp³-hybridized carbons (Fsp3) is 0.321. The predicted molar refractivity (Wildman–Crippen MR) is 140 cm³/mol. The molecule has 0 aliphatic heterocycles. The van der Waals surface area contributed by atoms with Crippen molar-refractivity contribution in [2.75, 3.05) is 13.7 Å². The minimum absolute atomic E-state index is 0.0317. The number of furan rings is 1. The number of rotatable bonds is 9. The third-order valence-electron chi connectivity index (χ3n) is 6.79. The molecule has 0 unspecified atom stereocenters. The number of H-pyrrole nitrogens is 1. The van der Waals surface area contributed by atoms with Crippen LogP contribution in [0, 0.1) is 0 Å². The van der Waals surface area contributed by atoms with Gasteiger partial charge in [0.05, 0.1) is 19.8 Å². The van der Waals surface area contributed by atoms with Gasteiger partial charge in [0.15, 0.2) is 5.82 Å². The summed E-state index contributed by atoms with van der Waals surface area (Å²) in [6.07, 6.45) is 5.89. The Hall–Kier alpha value is -4.31. The maximum atomic E-state index is 6.55. The number of tetrazole rings is 1. The van der Waals surface area contributed by atoms with Crippen LogP contribution in [0.5, 0.6) is 11.6 Å². The topological polar surface area (TPSA) is 121 Å². The second-order valence-corrected chi connectivity index (χ2v) is 9.24. The zero-order valence-electron chi connectivity index (χ0n) is 21.0. The summed E-state index contributed by atoms with van der Waals surface area (Å²) < 4.78 is 24.4. The predicted octanol–water partition coefficient (Wildman–Crippen LogP) is 5.03. The monoisotopic (exact) mass is 512 g/mol. The SMILES string of the molecule is COc1ccc(-c2c(-c3ccccc3)oc3ncnc(O[C@H]4CCC[C@@H](OCCc5nn[nH]n5)C4)c23)cc1. The maximum Gasteiger partial charge on any atom is 0.234 e. The number of nitrogens with zero attached hydrogens (tertiary/aromatic N) is 5. The average molecular weight is 513 g/mol. The number of hydrogen-bond donors (Lipinski definition) is 1. The lowest BCUT2D eigenvalue weighted by atomic mass is 9.94. The lowest BCUT2D eigenvalue weighted by Gasteiger charge is -2.29. The van der Waals surface area contributed by atoms with Gasteiger partial charge in [-0.15, -0.1) is 10.2 Å². The lowest BCUT2D eigenvalue weighted by molar-refractivity contribution is -0.00710. The molecule has 38 heavy (non-hydrogen) atoms. The van der Waals surface area contributed by atoms with Crippen LogP contribution < -0.4 is 9.47 Å². The number of aromatic nitrogens is 6. The van der Waals surface area contributed by atoms with E-state index in [-0.39, 0.29) is 12.2 Å². The number of ether oxygens (including phenoxy) is 3. The van der Waals surface area contributed by atoms with Crippen molar-refractivity contribution in [2.24, 2.45) is 0 Å². The van der Waals surface area contributed by atoms with Crippen molar-refractivity contribution in [3.05, 3.63) is 66.7 Å². The first-order chi connectivity index (χ1) is 18.8. The van der Waals surface area contributed by atoms with Crippen LogP contribution in [-0.2, 0) is 11.2 Å². The molecule has 3 heterocycles. The van der Waals surface area contributed by atoms with Crippen LogP contribution in [0.3, 0.4) is 0 Å². The molecule has 0 radical (unpaired) electrons. The van der Waals surface area contributed by atoms with Crippen molar-refractivity contribution in [1.82, 2.24) is 30.6 Å². The molecule has 0 amide bonds. The van der Waals surface area contributed by atoms with Crippen LogP contribution in [0.4, 0.5) is 0 Å². The van der Waals surface area contributed by atoms with Gasteiger partial charge in [-0.05, 0) is 37.0 Å². The van der Waals surface area contributed by atoms with Gasteiger partial charge in [0.2, 0.25) is 11.6 Å². The van der Waals surface area contributed by atoms with E-state index < -0.39 is 0 Å². The molecule has 1 aliphatic carbocycles. The van der Waals surface area contributed by atoms with Gasteiger partial charge in [-0.1, -0.05) is 47.7 Å². The summed E-state index contributed by atoms with van der Waals surface area (Å²) in [7, 11) is 1.66. The minimum Gasteiger partial charge on any atom is -0.497 e. The molecular weight excluding hydrogens is 484 g/mol. The first kappa shape index (κ1) is 24.1. The maximum absolute atomic E-state index is 6.55. The Kier molecular flexibility index (Phi) is 6.95. The highest BCUT2D eigenvalue weighted by Crippen LogP contribution is 2.44. The highest BCUT2D eigenvalue weighted by Gasteiger charge is 2.28. The molecule has 5 aromatic rings. The molecule has 3 aromatic heterocycles. The van der Waals surface area contributed by atoms with Crippen LogP contribution in [0.15, 0.2) is 65.3 Å². The Morgan fingerprint density at radius 3 is 2.61 bits per heavy atom. The van der Waals surface area contributed by atoms with Gasteiger partial charge < -0.3 is 18.6 Å². The van der Waals surface area contributed by atoms with Crippen molar-refractivity contribution in [3.63, 3.8) is 0 Å². The van der Waals surface area contributed by atoms with E-state index >= 15 is 0 Å². The average Bonchev–Trinajstić information content (AvgIpc) is 3.63. The summed E-state index contributed by atoms with van der Waals surface area (Å²) in [5.41, 5.74) is 3.31. The second-order valence-electron chi connectivity index (χ2n) is 9.24. The highest BCUT2D eigenvalue weighted by atomic mass is 16.5. The molecule has 1 saturated carbocycles. The van der Waals surface area contributed by atoms with E-state index in [4.69, 9.17) is 18.6 Å². The van der Waals surface area contributed by atoms with Gasteiger partial charge in [-0.3, -0.25) is 0 Å². The van der Waals surface area contributed by atoms with E-state index in [9.17, 15) is 0 Å². The van der Waals surface area contributed by atoms with E-state index in [0.717, 1.165) is 59.3 Å². The third kappa shape index (κ3) is 5.08. The molecule has 10 heteroatoms. The lowest BCUT2D eigenvalue weighted by Crippen LogP contribution is -2.31. The van der Waals surface area contributed by atoms with Crippen LogP contribution in [-0.4, -0.2) is 56.5 Å². The molecule has 2 aromatic carbocycles. The van der Waals surface area contributed by atoms with Crippen molar-refractivity contribution in [2.45, 2.75) is 44.3 Å². The van der Waals surface area contributed by atoms with Gasteiger partial charge in [0.25, 0.3) is 0 Å². The smallest absolute Gasteiger partial charge is 0.234 e. The number of aromatic amines is 1. The van der Waals surface area contributed by atoms with Crippen LogP contribution in [0.1, 0.15) is 31.5 Å². The third-order valence-corrected chi connectivity index (χ3v) is 6.79. The highest BCUT2D eigenvalue weighted by molar-refractivity contribution is 6.03. The van der Waals surface area contributed by atoms with Crippen molar-refractivity contribution < 1.29 is 18.6 Å². The van der Waals surface area contributed by atoms with E-state index in [1.165, 1.54) is 6.33 Å². The van der Waals surface area contributed by atoms with Gasteiger partial charge >= 0.3 is 0 Å². The molecule has 6 rings (SSSR count). The van der Waals surface area contributed by atoms with Gasteiger partial charge in [0.1, 0.15) is 29.3 Å². The molecule has 1 aliphatic rings. The Labute approximate surface area is 219 Å². The first-order valence-electron chi connectivity index (χ1n) is 12.8. The molecular formula is C28H28N6O4. The first-order valence-corrected chi connectivity index (χ1v) is 12.8. The standard InChI is InChI=1S/C28H28N6O4/c1-35-20-12-10-18(11-13-20)24-25-27(29-17-30-28(25)38-26(24)19-6-3-2-4-7-19)37-22-9-5-8-21(16-22)36-15-14-23-31-33-34-32-23/h2-4,6-7,10-13,17,21-22H,5,8-9,14-16H2,1H3,(H,31,32,33,34)/t21-,22+/m1/s1. The minimum atomic E-state index is -0.0317. The van der Waals surface area contributed by atoms with Gasteiger partial charge in [0, 0.05) is 24.0 Å². The fourth-order valence-corrected chi connectivity index (χ4v) is 4.95. The molecule has 0 bridgehead atoms. The largest absolute Gasteiger partial charge is 0.497 e. The molecule has 10 nitrogen and oxygen atoms in total. The van der Waals surface area contributed by atoms with E-state index in [1.54, 1.807) is 7.11 Å². The van der Waals surface area contributed by atoms with Crippen LogP contribution >= 0.6 is 0 Å². The fourth-order valence-electron chi connectivity index (χ4n) is 4.95. The van der Waals surface area contributed by atoms with Gasteiger partial charge in [-0.2, -0.15) is 5.21 Å². The van der Waals surface area contributed by atoms with Crippen LogP contribution in [0.25, 0.3) is 33.6 Å². The van der Waals surface area contributed by atoms with E-state index in [1.807, 2.05) is 54.6 Å². The number of fused-ring (bicyclic) bond motifs is 1. The zero-order chi connectivity index (χ0) is 25.7. The molecule has 2 atom stereocenters. The summed E-state index contributed by atoms with van der Waals surface area (Å²) in [6.45, 7) is 0.540. The molecule has 1 fully saturated rings. The van der Waals surface area contributed by atoms with Crippen LogP contribution in [0.2, 0.25) is 0 Å². The normalized spacial score (nSPS) is 17.5. The van der Waals surface area contributed by atoms with Crippen molar-refractivity contribution in [1.29, 1.82) is 0 Å². The van der Waals surface area contributed by atoms with E-state index in [2.05, 4.69) is 30.6 Å². The summed E-state index contributed by atoms with van der Waals surface area (Å²) in [5.74, 6) is 2.67. The Balaban J connectivity index is 1.30. The summed E-state index contributed by atoms with van der Waals surface area (Å²) in [5, 5.41) is 14.8. The molecule has 0 saturated heterocycles. The van der Waals surface area contributed by atoms with Crippen molar-refractivity contribution >= 4 is 11.1 Å². The van der Waals surface area contributed by atoms with Crippen molar-refractivity contribution in [3.8, 4) is 34.1 Å². The molecule has 0 spiro atoms. The summed E-state index contributed by atoms with van der Waals surface area (Å²) >= 11 is 0. The second kappa shape index (κ2) is 11.0. The quantitative estimate of drug-likeness (QED) is 0.290. The zero-order valence-corrected chi connectivity index (χ0v) is 21.0. The number of nitrogens with one attached hydrogen (secondary N) is 1.